The molecule has 0 spiro atoms. The molecule has 0 aliphatic heterocycles. The Bertz CT molecular complexity index is 274. The predicted molar refractivity (Wildman–Crippen MR) is 60.8 cm³/mol. The van der Waals surface area contributed by atoms with Crippen LogP contribution in [0.2, 0.25) is 0 Å². The quantitative estimate of drug-likeness (QED) is 0.628. The van der Waals surface area contributed by atoms with Crippen LogP contribution in [0.25, 0.3) is 0 Å². The zero-order chi connectivity index (χ0) is 9.68. The lowest BCUT2D eigenvalue weighted by Gasteiger charge is -2.03. The van der Waals surface area contributed by atoms with Gasteiger partial charge in [0.05, 0.1) is 0 Å². The maximum Gasteiger partial charge on any atom is 0.0461 e. The van der Waals surface area contributed by atoms with Crippen LogP contribution in [0, 0.1) is 0 Å². The lowest BCUT2D eigenvalue weighted by molar-refractivity contribution is 0.725. The average Bonchev–Trinajstić information content (AvgIpc) is 2.12. The third kappa shape index (κ3) is 3.36. The van der Waals surface area contributed by atoms with Crippen LogP contribution in [-0.4, -0.2) is 13.6 Å². The molecule has 0 aliphatic carbocycles. The van der Waals surface area contributed by atoms with Crippen LogP contribution in [0.5, 0.6) is 0 Å². The first-order valence-corrected chi connectivity index (χ1v) is 5.22. The molecule has 0 saturated carbocycles. The summed E-state index contributed by atoms with van der Waals surface area (Å²) in [5.41, 5.74) is 7.89. The summed E-state index contributed by atoms with van der Waals surface area (Å²) in [5, 5.41) is 3.12. The first kappa shape index (κ1) is 10.5. The molecule has 0 atom stereocenters. The van der Waals surface area contributed by atoms with Crippen LogP contribution in [-0.2, 0) is 6.42 Å². The van der Waals surface area contributed by atoms with E-state index < -0.39 is 0 Å². The zero-order valence-corrected chi connectivity index (χ0v) is 9.39. The van der Waals surface area contributed by atoms with Crippen molar-refractivity contribution in [3.05, 3.63) is 28.2 Å². The van der Waals surface area contributed by atoms with Gasteiger partial charge in [-0.3, -0.25) is 0 Å². The van der Waals surface area contributed by atoms with E-state index in [0.29, 0.717) is 0 Å². The molecular formula is C10H15BrN2. The number of nitrogen functional groups attached to an aromatic ring is 1. The van der Waals surface area contributed by atoms with Crippen molar-refractivity contribution in [1.29, 1.82) is 0 Å². The SMILES string of the molecule is CNCCCc1ccc(Br)c(N)c1. The molecule has 3 N–H and O–H groups in total. The van der Waals surface area contributed by atoms with Crippen LogP contribution in [0.4, 0.5) is 5.69 Å². The van der Waals surface area contributed by atoms with Gasteiger partial charge in [0.25, 0.3) is 0 Å². The molecule has 0 heterocycles. The molecule has 2 nitrogen and oxygen atoms in total. The van der Waals surface area contributed by atoms with Crippen molar-refractivity contribution >= 4 is 21.6 Å². The van der Waals surface area contributed by atoms with Crippen molar-refractivity contribution in [2.24, 2.45) is 0 Å². The fraction of sp³-hybridized carbons (Fsp3) is 0.400. The van der Waals surface area contributed by atoms with Gasteiger partial charge in [0, 0.05) is 10.2 Å². The first-order valence-electron chi connectivity index (χ1n) is 4.42. The van der Waals surface area contributed by atoms with Crippen LogP contribution >= 0.6 is 15.9 Å². The van der Waals surface area contributed by atoms with E-state index in [1.807, 2.05) is 19.2 Å². The van der Waals surface area contributed by atoms with E-state index in [9.17, 15) is 0 Å². The second-order valence-electron chi connectivity index (χ2n) is 3.06. The monoisotopic (exact) mass is 242 g/mol. The number of benzene rings is 1. The van der Waals surface area contributed by atoms with E-state index in [-0.39, 0.29) is 0 Å². The Balaban J connectivity index is 2.53. The number of nitrogens with two attached hydrogens (primary N) is 1. The highest BCUT2D eigenvalue weighted by molar-refractivity contribution is 9.10. The van der Waals surface area contributed by atoms with Gasteiger partial charge in [0.15, 0.2) is 0 Å². The normalized spacial score (nSPS) is 10.3. The number of anilines is 1. The summed E-state index contributed by atoms with van der Waals surface area (Å²) in [5.74, 6) is 0. The van der Waals surface area contributed by atoms with Crippen molar-refractivity contribution in [1.82, 2.24) is 5.32 Å². The second-order valence-corrected chi connectivity index (χ2v) is 3.92. The first-order chi connectivity index (χ1) is 6.24. The van der Waals surface area contributed by atoms with Gasteiger partial charge in [-0.2, -0.15) is 0 Å². The molecule has 0 saturated heterocycles. The fourth-order valence-electron chi connectivity index (χ4n) is 1.22. The zero-order valence-electron chi connectivity index (χ0n) is 7.81. The van der Waals surface area contributed by atoms with E-state index in [2.05, 4.69) is 27.3 Å². The Morgan fingerprint density at radius 1 is 1.46 bits per heavy atom. The number of hydrogen-bond donors (Lipinski definition) is 2. The van der Waals surface area contributed by atoms with Gasteiger partial charge in [-0.05, 0) is 60.1 Å². The second kappa shape index (κ2) is 5.25. The van der Waals surface area contributed by atoms with Crippen molar-refractivity contribution in [3.63, 3.8) is 0 Å². The van der Waals surface area contributed by atoms with Crippen LogP contribution in [0.1, 0.15) is 12.0 Å². The Kier molecular flexibility index (Phi) is 4.25. The minimum absolute atomic E-state index is 0.821. The molecule has 0 bridgehead atoms. The Labute approximate surface area is 87.6 Å². The summed E-state index contributed by atoms with van der Waals surface area (Å²) in [6.07, 6.45) is 2.23. The van der Waals surface area contributed by atoms with E-state index in [0.717, 1.165) is 29.5 Å². The maximum atomic E-state index is 5.76. The highest BCUT2D eigenvalue weighted by Gasteiger charge is 1.97. The minimum atomic E-state index is 0.821. The molecule has 0 unspecified atom stereocenters. The van der Waals surface area contributed by atoms with E-state index in [4.69, 9.17) is 5.73 Å². The molecule has 72 valence electrons. The highest BCUT2D eigenvalue weighted by atomic mass is 79.9. The lowest BCUT2D eigenvalue weighted by Crippen LogP contribution is -2.08. The molecule has 0 radical (unpaired) electrons. The van der Waals surface area contributed by atoms with Gasteiger partial charge >= 0.3 is 0 Å². The van der Waals surface area contributed by atoms with Gasteiger partial charge in [-0.15, -0.1) is 0 Å². The standard InChI is InChI=1S/C10H15BrN2/c1-13-6-2-3-8-4-5-9(11)10(12)7-8/h4-5,7,13H,2-3,6,12H2,1H3. The van der Waals surface area contributed by atoms with Crippen molar-refractivity contribution in [2.75, 3.05) is 19.3 Å². The van der Waals surface area contributed by atoms with Gasteiger partial charge in [0.1, 0.15) is 0 Å². The Morgan fingerprint density at radius 2 is 2.23 bits per heavy atom. The summed E-state index contributed by atoms with van der Waals surface area (Å²) in [6.45, 7) is 1.05. The molecule has 1 aromatic rings. The average molecular weight is 243 g/mol. The molecule has 0 amide bonds. The van der Waals surface area contributed by atoms with Gasteiger partial charge in [-0.25, -0.2) is 0 Å². The molecule has 13 heavy (non-hydrogen) atoms. The largest absolute Gasteiger partial charge is 0.398 e. The maximum absolute atomic E-state index is 5.76. The molecule has 1 aromatic carbocycles. The number of hydrogen-bond acceptors (Lipinski definition) is 2. The summed E-state index contributed by atoms with van der Waals surface area (Å²) < 4.78 is 0.977. The summed E-state index contributed by atoms with van der Waals surface area (Å²) >= 11 is 3.37. The van der Waals surface area contributed by atoms with Crippen molar-refractivity contribution < 1.29 is 0 Å². The van der Waals surface area contributed by atoms with Gasteiger partial charge < -0.3 is 11.1 Å². The molecule has 0 fully saturated rings. The minimum Gasteiger partial charge on any atom is -0.398 e. The summed E-state index contributed by atoms with van der Waals surface area (Å²) in [7, 11) is 1.97. The van der Waals surface area contributed by atoms with Gasteiger partial charge in [-0.1, -0.05) is 6.07 Å². The number of aryl methyl sites for hydroxylation is 1. The highest BCUT2D eigenvalue weighted by Crippen LogP contribution is 2.20. The number of halogens is 1. The van der Waals surface area contributed by atoms with Crippen molar-refractivity contribution in [2.45, 2.75) is 12.8 Å². The Morgan fingerprint density at radius 3 is 2.85 bits per heavy atom. The van der Waals surface area contributed by atoms with E-state index >= 15 is 0 Å². The molecule has 1 rings (SSSR count). The molecular weight excluding hydrogens is 228 g/mol. The van der Waals surface area contributed by atoms with E-state index in [1.165, 1.54) is 5.56 Å². The van der Waals surface area contributed by atoms with Crippen LogP contribution < -0.4 is 11.1 Å². The smallest absolute Gasteiger partial charge is 0.0461 e. The summed E-state index contributed by atoms with van der Waals surface area (Å²) in [6, 6.07) is 6.14. The topological polar surface area (TPSA) is 38.0 Å². The third-order valence-corrected chi connectivity index (χ3v) is 2.67. The summed E-state index contributed by atoms with van der Waals surface area (Å²) in [4.78, 5) is 0. The van der Waals surface area contributed by atoms with Crippen LogP contribution in [0.3, 0.4) is 0 Å². The predicted octanol–water partition coefficient (Wildman–Crippen LogP) is 2.18. The van der Waals surface area contributed by atoms with E-state index in [1.54, 1.807) is 0 Å². The van der Waals surface area contributed by atoms with Crippen molar-refractivity contribution in [3.8, 4) is 0 Å². The van der Waals surface area contributed by atoms with Gasteiger partial charge in [0.2, 0.25) is 0 Å². The molecule has 0 aromatic heterocycles. The molecule has 0 aliphatic rings. The lowest BCUT2D eigenvalue weighted by atomic mass is 10.1. The van der Waals surface area contributed by atoms with Crippen LogP contribution in [0.15, 0.2) is 22.7 Å². The molecule has 3 heteroatoms. The fourth-order valence-corrected chi connectivity index (χ4v) is 1.46. The third-order valence-electron chi connectivity index (χ3n) is 1.95. The Hall–Kier alpha value is -0.540. The number of rotatable bonds is 4. The number of nitrogens with one attached hydrogen (secondary N) is 1.